The largest absolute Gasteiger partial charge is 0.374 e. The van der Waals surface area contributed by atoms with Crippen molar-refractivity contribution in [2.45, 2.75) is 37.8 Å². The Bertz CT molecular complexity index is 308. The van der Waals surface area contributed by atoms with Crippen LogP contribution in [0.4, 0.5) is 0 Å². The minimum absolute atomic E-state index is 0.344. The third-order valence-electron chi connectivity index (χ3n) is 5.01. The molecule has 2 aliphatic heterocycles. The predicted octanol–water partition coefficient (Wildman–Crippen LogP) is 0.781. The van der Waals surface area contributed by atoms with E-state index < -0.39 is 0 Å². The second-order valence-corrected chi connectivity index (χ2v) is 6.96. The maximum absolute atomic E-state index is 5.93. The molecule has 19 heavy (non-hydrogen) atoms. The third kappa shape index (κ3) is 3.48. The number of nitrogens with one attached hydrogen (secondary N) is 1. The van der Waals surface area contributed by atoms with Crippen LogP contribution in [-0.4, -0.2) is 74.4 Å². The summed E-state index contributed by atoms with van der Waals surface area (Å²) in [7, 11) is 2.20. The van der Waals surface area contributed by atoms with Gasteiger partial charge in [0.1, 0.15) is 0 Å². The van der Waals surface area contributed by atoms with Crippen molar-refractivity contribution in [3.8, 4) is 0 Å². The summed E-state index contributed by atoms with van der Waals surface area (Å²) in [5.41, 5.74) is 0.344. The van der Waals surface area contributed by atoms with Gasteiger partial charge in [-0.2, -0.15) is 0 Å². The smallest absolute Gasteiger partial charge is 0.0829 e. The SMILES string of the molecule is CN1CCOC(CN2CCCNC(C)(C3CC3)C2)C1. The normalized spacial score (nSPS) is 39.2. The van der Waals surface area contributed by atoms with E-state index >= 15 is 0 Å². The average molecular weight is 267 g/mol. The molecule has 2 unspecified atom stereocenters. The van der Waals surface area contributed by atoms with E-state index in [1.54, 1.807) is 0 Å². The lowest BCUT2D eigenvalue weighted by Crippen LogP contribution is -2.53. The van der Waals surface area contributed by atoms with E-state index in [0.717, 1.165) is 32.2 Å². The number of hydrogen-bond acceptors (Lipinski definition) is 4. The zero-order valence-corrected chi connectivity index (χ0v) is 12.5. The lowest BCUT2D eigenvalue weighted by molar-refractivity contribution is -0.0374. The second kappa shape index (κ2) is 5.68. The molecule has 4 heteroatoms. The van der Waals surface area contributed by atoms with Crippen LogP contribution in [0.1, 0.15) is 26.2 Å². The summed E-state index contributed by atoms with van der Waals surface area (Å²) in [6.07, 6.45) is 4.51. The summed E-state index contributed by atoms with van der Waals surface area (Å²) in [6, 6.07) is 0. The third-order valence-corrected chi connectivity index (χ3v) is 5.01. The van der Waals surface area contributed by atoms with Crippen molar-refractivity contribution in [2.24, 2.45) is 5.92 Å². The minimum Gasteiger partial charge on any atom is -0.374 e. The van der Waals surface area contributed by atoms with Gasteiger partial charge in [-0.25, -0.2) is 0 Å². The Morgan fingerprint density at radius 1 is 1.32 bits per heavy atom. The highest BCUT2D eigenvalue weighted by Crippen LogP contribution is 2.40. The van der Waals surface area contributed by atoms with Gasteiger partial charge in [-0.15, -0.1) is 0 Å². The molecule has 0 bridgehead atoms. The summed E-state index contributed by atoms with van der Waals surface area (Å²) in [5, 5.41) is 3.80. The molecule has 0 spiro atoms. The van der Waals surface area contributed by atoms with E-state index in [0.29, 0.717) is 11.6 Å². The van der Waals surface area contributed by atoms with Crippen LogP contribution in [0.25, 0.3) is 0 Å². The van der Waals surface area contributed by atoms with Gasteiger partial charge >= 0.3 is 0 Å². The Morgan fingerprint density at radius 2 is 2.16 bits per heavy atom. The van der Waals surface area contributed by atoms with E-state index in [1.165, 1.54) is 38.9 Å². The molecule has 0 aromatic heterocycles. The molecule has 2 heterocycles. The van der Waals surface area contributed by atoms with E-state index in [9.17, 15) is 0 Å². The van der Waals surface area contributed by atoms with Gasteiger partial charge < -0.3 is 15.0 Å². The Labute approximate surface area is 117 Å². The summed E-state index contributed by atoms with van der Waals surface area (Å²) in [6.45, 7) is 10.2. The molecule has 0 radical (unpaired) electrons. The zero-order valence-electron chi connectivity index (χ0n) is 12.5. The second-order valence-electron chi connectivity index (χ2n) is 6.96. The molecule has 2 saturated heterocycles. The van der Waals surface area contributed by atoms with Crippen molar-refractivity contribution in [2.75, 3.05) is 52.9 Å². The Balaban J connectivity index is 1.56. The highest BCUT2D eigenvalue weighted by Gasteiger charge is 2.43. The Morgan fingerprint density at radius 3 is 2.89 bits per heavy atom. The number of rotatable bonds is 3. The summed E-state index contributed by atoms with van der Waals surface area (Å²) < 4.78 is 5.93. The molecular formula is C15H29N3O. The molecule has 2 atom stereocenters. The standard InChI is InChI=1S/C15H29N3O/c1-15(13-4-5-13)12-18(7-3-6-16-15)11-14-10-17(2)8-9-19-14/h13-14,16H,3-12H2,1-2H3. The Hall–Kier alpha value is -0.160. The van der Waals surface area contributed by atoms with Crippen LogP contribution in [0.3, 0.4) is 0 Å². The van der Waals surface area contributed by atoms with Crippen LogP contribution in [0, 0.1) is 5.92 Å². The van der Waals surface area contributed by atoms with Crippen LogP contribution in [-0.2, 0) is 4.74 Å². The summed E-state index contributed by atoms with van der Waals surface area (Å²) in [4.78, 5) is 5.03. The molecule has 0 aromatic rings. The maximum Gasteiger partial charge on any atom is 0.0829 e. The van der Waals surface area contributed by atoms with Gasteiger partial charge in [0, 0.05) is 31.7 Å². The van der Waals surface area contributed by atoms with Crippen molar-refractivity contribution in [1.82, 2.24) is 15.1 Å². The van der Waals surface area contributed by atoms with Crippen LogP contribution in [0.2, 0.25) is 0 Å². The molecule has 110 valence electrons. The van der Waals surface area contributed by atoms with E-state index in [-0.39, 0.29) is 0 Å². The maximum atomic E-state index is 5.93. The predicted molar refractivity (Wildman–Crippen MR) is 77.4 cm³/mol. The van der Waals surface area contributed by atoms with Crippen LogP contribution < -0.4 is 5.32 Å². The van der Waals surface area contributed by atoms with E-state index in [2.05, 4.69) is 29.1 Å². The van der Waals surface area contributed by atoms with Crippen molar-refractivity contribution in [1.29, 1.82) is 0 Å². The number of morpholine rings is 1. The molecule has 3 aliphatic rings. The Kier molecular flexibility index (Phi) is 4.13. The fourth-order valence-corrected chi connectivity index (χ4v) is 3.69. The highest BCUT2D eigenvalue weighted by molar-refractivity contribution is 5.01. The molecule has 1 N–H and O–H groups in total. The fourth-order valence-electron chi connectivity index (χ4n) is 3.69. The fraction of sp³-hybridized carbons (Fsp3) is 1.00. The van der Waals surface area contributed by atoms with Crippen molar-refractivity contribution in [3.05, 3.63) is 0 Å². The average Bonchev–Trinajstić information content (AvgIpc) is 3.17. The molecular weight excluding hydrogens is 238 g/mol. The lowest BCUT2D eigenvalue weighted by atomic mass is 9.95. The van der Waals surface area contributed by atoms with Gasteiger partial charge in [0.25, 0.3) is 0 Å². The van der Waals surface area contributed by atoms with E-state index in [4.69, 9.17) is 4.74 Å². The molecule has 0 aromatic carbocycles. The molecule has 1 saturated carbocycles. The van der Waals surface area contributed by atoms with Crippen molar-refractivity contribution in [3.63, 3.8) is 0 Å². The van der Waals surface area contributed by atoms with Gasteiger partial charge in [0.05, 0.1) is 12.7 Å². The molecule has 1 aliphatic carbocycles. The molecule has 3 rings (SSSR count). The quantitative estimate of drug-likeness (QED) is 0.818. The molecule has 4 nitrogen and oxygen atoms in total. The number of hydrogen-bond donors (Lipinski definition) is 1. The minimum atomic E-state index is 0.344. The first-order chi connectivity index (χ1) is 9.16. The van der Waals surface area contributed by atoms with Crippen LogP contribution in [0.15, 0.2) is 0 Å². The topological polar surface area (TPSA) is 27.7 Å². The van der Waals surface area contributed by atoms with Crippen molar-refractivity contribution >= 4 is 0 Å². The highest BCUT2D eigenvalue weighted by atomic mass is 16.5. The molecule has 0 amide bonds. The van der Waals surface area contributed by atoms with Gasteiger partial charge in [0.15, 0.2) is 0 Å². The van der Waals surface area contributed by atoms with Gasteiger partial charge in [0.2, 0.25) is 0 Å². The van der Waals surface area contributed by atoms with Gasteiger partial charge in [-0.1, -0.05) is 0 Å². The first kappa shape index (κ1) is 13.8. The van der Waals surface area contributed by atoms with Crippen molar-refractivity contribution < 1.29 is 4.74 Å². The number of nitrogens with zero attached hydrogens (tertiary/aromatic N) is 2. The zero-order chi connectivity index (χ0) is 13.3. The summed E-state index contributed by atoms with van der Waals surface area (Å²) >= 11 is 0. The van der Waals surface area contributed by atoms with Crippen LogP contribution >= 0.6 is 0 Å². The number of likely N-dealkylation sites (N-methyl/N-ethyl adjacent to an activating group) is 1. The van der Waals surface area contributed by atoms with Crippen LogP contribution in [0.5, 0.6) is 0 Å². The lowest BCUT2D eigenvalue weighted by Gasteiger charge is -2.37. The molecule has 3 fully saturated rings. The van der Waals surface area contributed by atoms with E-state index in [1.807, 2.05) is 0 Å². The monoisotopic (exact) mass is 267 g/mol. The first-order valence-corrected chi connectivity index (χ1v) is 7.93. The van der Waals surface area contributed by atoms with Gasteiger partial charge in [-0.3, -0.25) is 4.90 Å². The van der Waals surface area contributed by atoms with Gasteiger partial charge in [-0.05, 0) is 52.2 Å². The number of ether oxygens (including phenoxy) is 1. The summed E-state index contributed by atoms with van der Waals surface area (Å²) in [5.74, 6) is 0.906. The first-order valence-electron chi connectivity index (χ1n) is 7.93.